The lowest BCUT2D eigenvalue weighted by atomic mass is 10.0. The molecule has 0 aliphatic carbocycles. The van der Waals surface area contributed by atoms with Crippen LogP contribution in [0.25, 0.3) is 6.08 Å². The highest BCUT2D eigenvalue weighted by Gasteiger charge is 2.17. The van der Waals surface area contributed by atoms with Gasteiger partial charge in [-0.2, -0.15) is 4.39 Å². The number of carbonyl (C=O) groups is 1. The van der Waals surface area contributed by atoms with Crippen LogP contribution in [0, 0.1) is 11.6 Å². The lowest BCUT2D eigenvalue weighted by Gasteiger charge is -2.19. The van der Waals surface area contributed by atoms with Gasteiger partial charge in [-0.25, -0.2) is 9.37 Å². The summed E-state index contributed by atoms with van der Waals surface area (Å²) in [5.74, 6) is -3.37. The number of aromatic nitrogens is 1. The molecule has 25 heavy (non-hydrogen) atoms. The largest absolute Gasteiger partial charge is 0.304 e. The number of nitrogens with zero attached hydrogens (tertiary/aromatic N) is 2. The highest BCUT2D eigenvalue weighted by atomic mass is 19.2. The number of anilines is 1. The van der Waals surface area contributed by atoms with Crippen molar-refractivity contribution in [3.05, 3.63) is 64.9 Å². The van der Waals surface area contributed by atoms with Crippen LogP contribution in [-0.2, 0) is 0 Å². The molecule has 0 spiro atoms. The molecule has 0 radical (unpaired) electrons. The first-order chi connectivity index (χ1) is 12.0. The molecule has 0 atom stereocenters. The monoisotopic (exact) mass is 347 g/mol. The summed E-state index contributed by atoms with van der Waals surface area (Å²) in [6, 6.07) is 9.14. The Morgan fingerprint density at radius 2 is 1.84 bits per heavy atom. The molecule has 1 amide bonds. The SMILES string of the molecule is O=C(Nc1nc(C=C2CCN(F)CC2)cc(F)c1F)c1ccccc1. The maximum Gasteiger partial charge on any atom is 0.256 e. The van der Waals surface area contributed by atoms with E-state index in [0.717, 1.165) is 11.6 Å². The standard InChI is InChI=1S/C18H16F3N3O/c19-15-11-14(10-12-6-8-24(21)9-7-12)22-17(16(15)20)23-18(25)13-4-2-1-3-5-13/h1-5,10-11H,6-9H2,(H,22,23,25). The molecule has 130 valence electrons. The van der Waals surface area contributed by atoms with E-state index in [4.69, 9.17) is 0 Å². The number of benzene rings is 1. The van der Waals surface area contributed by atoms with Crippen molar-refractivity contribution in [2.75, 3.05) is 18.4 Å². The Labute approximate surface area is 142 Å². The van der Waals surface area contributed by atoms with Crippen LogP contribution < -0.4 is 5.32 Å². The van der Waals surface area contributed by atoms with Gasteiger partial charge >= 0.3 is 0 Å². The van der Waals surface area contributed by atoms with Gasteiger partial charge < -0.3 is 5.32 Å². The summed E-state index contributed by atoms with van der Waals surface area (Å²) in [6.07, 6.45) is 2.58. The zero-order valence-electron chi connectivity index (χ0n) is 13.3. The smallest absolute Gasteiger partial charge is 0.256 e. The number of piperidine rings is 1. The van der Waals surface area contributed by atoms with E-state index in [9.17, 15) is 18.1 Å². The summed E-state index contributed by atoms with van der Waals surface area (Å²) in [5, 5.41) is 3.00. The summed E-state index contributed by atoms with van der Waals surface area (Å²) in [7, 11) is 0. The highest BCUT2D eigenvalue weighted by Crippen LogP contribution is 2.22. The lowest BCUT2D eigenvalue weighted by molar-refractivity contribution is 0.0176. The van der Waals surface area contributed by atoms with Crippen molar-refractivity contribution in [2.45, 2.75) is 12.8 Å². The molecule has 1 N–H and O–H groups in total. The van der Waals surface area contributed by atoms with Crippen LogP contribution in [0.1, 0.15) is 28.9 Å². The van der Waals surface area contributed by atoms with Gasteiger partial charge in [-0.15, -0.1) is 9.60 Å². The molecule has 0 unspecified atom stereocenters. The molecule has 2 heterocycles. The lowest BCUT2D eigenvalue weighted by Crippen LogP contribution is -2.22. The molecule has 4 nitrogen and oxygen atoms in total. The Kier molecular flexibility index (Phi) is 5.14. The quantitative estimate of drug-likeness (QED) is 0.855. The first-order valence-corrected chi connectivity index (χ1v) is 7.85. The van der Waals surface area contributed by atoms with E-state index >= 15 is 0 Å². The Balaban J connectivity index is 1.83. The van der Waals surface area contributed by atoms with Gasteiger partial charge in [-0.05, 0) is 31.1 Å². The topological polar surface area (TPSA) is 45.2 Å². The van der Waals surface area contributed by atoms with Crippen molar-refractivity contribution >= 4 is 17.8 Å². The maximum absolute atomic E-state index is 14.0. The molecule has 1 aromatic heterocycles. The Hall–Kier alpha value is -2.67. The molecule has 7 heteroatoms. The van der Waals surface area contributed by atoms with Gasteiger partial charge in [0.1, 0.15) is 0 Å². The molecule has 0 bridgehead atoms. The summed E-state index contributed by atoms with van der Waals surface area (Å²) in [4.78, 5) is 16.1. The average molecular weight is 347 g/mol. The fourth-order valence-electron chi connectivity index (χ4n) is 2.56. The minimum atomic E-state index is -1.22. The van der Waals surface area contributed by atoms with Crippen LogP contribution in [0.4, 0.5) is 19.1 Å². The van der Waals surface area contributed by atoms with E-state index < -0.39 is 23.4 Å². The first-order valence-electron chi connectivity index (χ1n) is 7.85. The summed E-state index contributed by atoms with van der Waals surface area (Å²) < 4.78 is 40.8. The highest BCUT2D eigenvalue weighted by molar-refractivity contribution is 6.03. The van der Waals surface area contributed by atoms with Gasteiger partial charge in [0, 0.05) is 24.7 Å². The van der Waals surface area contributed by atoms with E-state index in [0.29, 0.717) is 23.5 Å². The minimum absolute atomic E-state index is 0.185. The summed E-state index contributed by atoms with van der Waals surface area (Å²) in [5.41, 5.74) is 1.39. The zero-order chi connectivity index (χ0) is 17.8. The molecule has 3 rings (SSSR count). The third-order valence-electron chi connectivity index (χ3n) is 3.90. The van der Waals surface area contributed by atoms with E-state index in [-0.39, 0.29) is 18.8 Å². The Bertz CT molecular complexity index is 799. The number of rotatable bonds is 3. The predicted octanol–water partition coefficient (Wildman–Crippen LogP) is 3.98. The number of carbonyl (C=O) groups excluding carboxylic acids is 1. The first kappa shape index (κ1) is 17.2. The second-order valence-corrected chi connectivity index (χ2v) is 5.72. The molecule has 2 aromatic rings. The molecule has 1 fully saturated rings. The van der Waals surface area contributed by atoms with Crippen molar-refractivity contribution in [1.29, 1.82) is 0 Å². The number of pyridine rings is 1. The second kappa shape index (κ2) is 7.48. The minimum Gasteiger partial charge on any atom is -0.304 e. The van der Waals surface area contributed by atoms with Crippen molar-refractivity contribution in [2.24, 2.45) is 0 Å². The fourth-order valence-corrected chi connectivity index (χ4v) is 2.56. The van der Waals surface area contributed by atoms with E-state index in [1.807, 2.05) is 0 Å². The summed E-state index contributed by atoms with van der Waals surface area (Å²) in [6.45, 7) is 0.514. The van der Waals surface area contributed by atoms with Crippen molar-refractivity contribution in [3.63, 3.8) is 0 Å². The van der Waals surface area contributed by atoms with Gasteiger partial charge in [0.25, 0.3) is 5.91 Å². The van der Waals surface area contributed by atoms with Crippen molar-refractivity contribution < 1.29 is 18.1 Å². The van der Waals surface area contributed by atoms with Gasteiger partial charge in [-0.3, -0.25) is 4.79 Å². The normalized spacial score (nSPS) is 15.1. The average Bonchev–Trinajstić information content (AvgIpc) is 2.62. The van der Waals surface area contributed by atoms with Crippen LogP contribution in [0.3, 0.4) is 0 Å². The number of halogens is 3. The Morgan fingerprint density at radius 3 is 2.52 bits per heavy atom. The van der Waals surface area contributed by atoms with Gasteiger partial charge in [0.15, 0.2) is 11.6 Å². The maximum atomic E-state index is 14.0. The molecular weight excluding hydrogens is 331 g/mol. The van der Waals surface area contributed by atoms with Crippen LogP contribution >= 0.6 is 0 Å². The molecule has 1 saturated heterocycles. The van der Waals surface area contributed by atoms with Crippen LogP contribution in [0.5, 0.6) is 0 Å². The van der Waals surface area contributed by atoms with Crippen molar-refractivity contribution in [1.82, 2.24) is 10.1 Å². The third kappa shape index (κ3) is 4.24. The molecule has 1 aliphatic heterocycles. The number of amides is 1. The van der Waals surface area contributed by atoms with Gasteiger partial charge in [0.05, 0.1) is 5.69 Å². The molecule has 1 aromatic carbocycles. The molecule has 1 aliphatic rings. The number of nitrogens with one attached hydrogen (secondary N) is 1. The van der Waals surface area contributed by atoms with Crippen molar-refractivity contribution in [3.8, 4) is 0 Å². The zero-order valence-corrected chi connectivity index (χ0v) is 13.3. The summed E-state index contributed by atoms with van der Waals surface area (Å²) >= 11 is 0. The predicted molar refractivity (Wildman–Crippen MR) is 88.4 cm³/mol. The molecule has 0 saturated carbocycles. The van der Waals surface area contributed by atoms with Crippen LogP contribution in [-0.4, -0.2) is 29.1 Å². The fraction of sp³-hybridized carbons (Fsp3) is 0.222. The van der Waals surface area contributed by atoms with Crippen LogP contribution in [0.15, 0.2) is 42.0 Å². The van der Waals surface area contributed by atoms with Gasteiger partial charge in [-0.1, -0.05) is 23.8 Å². The molecular formula is C18H16F3N3O. The van der Waals surface area contributed by atoms with E-state index in [1.165, 1.54) is 0 Å². The third-order valence-corrected chi connectivity index (χ3v) is 3.90. The van der Waals surface area contributed by atoms with E-state index in [1.54, 1.807) is 36.4 Å². The van der Waals surface area contributed by atoms with E-state index in [2.05, 4.69) is 10.3 Å². The van der Waals surface area contributed by atoms with Crippen LogP contribution in [0.2, 0.25) is 0 Å². The number of hydrogen-bond acceptors (Lipinski definition) is 3. The number of hydrogen-bond donors (Lipinski definition) is 1. The van der Waals surface area contributed by atoms with Gasteiger partial charge in [0.2, 0.25) is 5.82 Å². The Morgan fingerprint density at radius 1 is 1.16 bits per heavy atom. The second-order valence-electron chi connectivity index (χ2n) is 5.72.